The van der Waals surface area contributed by atoms with Crippen LogP contribution < -0.4 is 0 Å². The van der Waals surface area contributed by atoms with Crippen molar-refractivity contribution in [1.82, 2.24) is 0 Å². The van der Waals surface area contributed by atoms with Crippen LogP contribution in [0.15, 0.2) is 24.3 Å². The van der Waals surface area contributed by atoms with Crippen molar-refractivity contribution in [2.24, 2.45) is 0 Å². The molecule has 12 heavy (non-hydrogen) atoms. The second kappa shape index (κ2) is 2.96. The van der Waals surface area contributed by atoms with E-state index in [9.17, 15) is 0 Å². The molecule has 0 saturated heterocycles. The number of nitrogens with zero attached hydrogens (tertiary/aromatic N) is 1. The van der Waals surface area contributed by atoms with E-state index in [1.807, 2.05) is 18.2 Å². The summed E-state index contributed by atoms with van der Waals surface area (Å²) in [6.45, 7) is 0.662. The maximum Gasteiger partial charge on any atom is 0.169 e. The molecule has 0 fully saturated rings. The Morgan fingerprint density at radius 1 is 1.42 bits per heavy atom. The average Bonchev–Trinajstić information content (AvgIpc) is 2.17. The summed E-state index contributed by atoms with van der Waals surface area (Å²) in [6.07, 6.45) is 0.573. The molecule has 1 aliphatic heterocycles. The maximum atomic E-state index is 8.76. The molecule has 2 heteroatoms. The molecule has 0 spiro atoms. The molecular weight excluding hydrogens is 150 g/mol. The largest absolute Gasteiger partial charge is 0.358 e. The van der Waals surface area contributed by atoms with E-state index in [1.54, 1.807) is 0 Å². The molecule has 0 bridgehead atoms. The lowest BCUT2D eigenvalue weighted by Gasteiger charge is -2.20. The number of fused-ring (bicyclic) bond motifs is 1. The first-order valence-corrected chi connectivity index (χ1v) is 4.01. The van der Waals surface area contributed by atoms with Gasteiger partial charge in [-0.15, -0.1) is 0 Å². The van der Waals surface area contributed by atoms with Gasteiger partial charge in [0.05, 0.1) is 12.7 Å². The van der Waals surface area contributed by atoms with E-state index >= 15 is 0 Å². The fourth-order valence-electron chi connectivity index (χ4n) is 1.50. The summed E-state index contributed by atoms with van der Waals surface area (Å²) in [5, 5.41) is 8.76. The van der Waals surface area contributed by atoms with Gasteiger partial charge in [0, 0.05) is 0 Å². The predicted molar refractivity (Wildman–Crippen MR) is 44.5 cm³/mol. The van der Waals surface area contributed by atoms with Gasteiger partial charge in [-0.3, -0.25) is 0 Å². The SMILES string of the molecule is N#CC1OCCc2ccccc21. The first-order chi connectivity index (χ1) is 5.92. The highest BCUT2D eigenvalue weighted by molar-refractivity contribution is 5.33. The molecule has 0 aromatic heterocycles. The molecule has 1 heterocycles. The summed E-state index contributed by atoms with van der Waals surface area (Å²) >= 11 is 0. The summed E-state index contributed by atoms with van der Waals surface area (Å²) in [7, 11) is 0. The smallest absolute Gasteiger partial charge is 0.169 e. The Morgan fingerprint density at radius 3 is 3.08 bits per heavy atom. The fourth-order valence-corrected chi connectivity index (χ4v) is 1.50. The van der Waals surface area contributed by atoms with E-state index < -0.39 is 0 Å². The molecule has 1 aliphatic rings. The van der Waals surface area contributed by atoms with Crippen LogP contribution in [0, 0.1) is 11.3 Å². The van der Waals surface area contributed by atoms with Crippen LogP contribution in [0.1, 0.15) is 17.2 Å². The van der Waals surface area contributed by atoms with Crippen LogP contribution in [0.4, 0.5) is 0 Å². The third-order valence-corrected chi connectivity index (χ3v) is 2.11. The second-order valence-electron chi connectivity index (χ2n) is 2.83. The Morgan fingerprint density at radius 2 is 2.25 bits per heavy atom. The van der Waals surface area contributed by atoms with Gasteiger partial charge in [0.25, 0.3) is 0 Å². The minimum Gasteiger partial charge on any atom is -0.358 e. The molecule has 0 saturated carbocycles. The first-order valence-electron chi connectivity index (χ1n) is 4.01. The average molecular weight is 159 g/mol. The molecule has 60 valence electrons. The Hall–Kier alpha value is -1.33. The van der Waals surface area contributed by atoms with Crippen LogP contribution in [0.3, 0.4) is 0 Å². The molecular formula is C10H9NO. The van der Waals surface area contributed by atoms with Crippen molar-refractivity contribution in [3.05, 3.63) is 35.4 Å². The van der Waals surface area contributed by atoms with E-state index in [0.717, 1.165) is 12.0 Å². The van der Waals surface area contributed by atoms with Crippen LogP contribution in [0.5, 0.6) is 0 Å². The molecule has 0 N–H and O–H groups in total. The van der Waals surface area contributed by atoms with E-state index in [-0.39, 0.29) is 6.10 Å². The lowest BCUT2D eigenvalue weighted by molar-refractivity contribution is 0.0800. The molecule has 1 aromatic carbocycles. The molecule has 2 nitrogen and oxygen atoms in total. The molecule has 1 aromatic rings. The normalized spacial score (nSPS) is 21.1. The third kappa shape index (κ3) is 1.09. The third-order valence-electron chi connectivity index (χ3n) is 2.11. The monoisotopic (exact) mass is 159 g/mol. The molecule has 1 unspecified atom stereocenters. The quantitative estimate of drug-likeness (QED) is 0.578. The second-order valence-corrected chi connectivity index (χ2v) is 2.83. The summed E-state index contributed by atoms with van der Waals surface area (Å²) in [5.74, 6) is 0. The van der Waals surface area contributed by atoms with Crippen LogP contribution >= 0.6 is 0 Å². The summed E-state index contributed by atoms with van der Waals surface area (Å²) in [5.41, 5.74) is 2.28. The van der Waals surface area contributed by atoms with Crippen LogP contribution in [0.2, 0.25) is 0 Å². The van der Waals surface area contributed by atoms with Gasteiger partial charge in [-0.2, -0.15) is 5.26 Å². The topological polar surface area (TPSA) is 33.0 Å². The minimum atomic E-state index is -0.352. The minimum absolute atomic E-state index is 0.352. The lowest BCUT2D eigenvalue weighted by atomic mass is 9.98. The fraction of sp³-hybridized carbons (Fsp3) is 0.300. The predicted octanol–water partition coefficient (Wildman–Crippen LogP) is 1.82. The van der Waals surface area contributed by atoms with Crippen LogP contribution in [-0.4, -0.2) is 6.61 Å². The zero-order chi connectivity index (χ0) is 8.39. The Kier molecular flexibility index (Phi) is 1.81. The van der Waals surface area contributed by atoms with E-state index in [2.05, 4.69) is 12.1 Å². The van der Waals surface area contributed by atoms with Crippen molar-refractivity contribution in [3.8, 4) is 6.07 Å². The highest BCUT2D eigenvalue weighted by Gasteiger charge is 2.18. The van der Waals surface area contributed by atoms with Crippen molar-refractivity contribution in [2.75, 3.05) is 6.61 Å². The molecule has 2 rings (SSSR count). The van der Waals surface area contributed by atoms with Crippen molar-refractivity contribution < 1.29 is 4.74 Å². The van der Waals surface area contributed by atoms with Crippen molar-refractivity contribution in [2.45, 2.75) is 12.5 Å². The highest BCUT2D eigenvalue weighted by atomic mass is 16.5. The van der Waals surface area contributed by atoms with Crippen molar-refractivity contribution in [3.63, 3.8) is 0 Å². The summed E-state index contributed by atoms with van der Waals surface area (Å²) in [6, 6.07) is 10.1. The van der Waals surface area contributed by atoms with E-state index in [4.69, 9.17) is 10.00 Å². The number of hydrogen-bond donors (Lipinski definition) is 0. The summed E-state index contributed by atoms with van der Waals surface area (Å²) < 4.78 is 5.29. The van der Waals surface area contributed by atoms with Gasteiger partial charge in [-0.1, -0.05) is 24.3 Å². The zero-order valence-corrected chi connectivity index (χ0v) is 6.66. The van der Waals surface area contributed by atoms with Gasteiger partial charge < -0.3 is 4.74 Å². The highest BCUT2D eigenvalue weighted by Crippen LogP contribution is 2.25. The van der Waals surface area contributed by atoms with Gasteiger partial charge in [-0.25, -0.2) is 0 Å². The van der Waals surface area contributed by atoms with E-state index in [0.29, 0.717) is 6.61 Å². The standard InChI is InChI=1S/C10H9NO/c11-7-10-9-4-2-1-3-8(9)5-6-12-10/h1-4,10H,5-6H2. The molecule has 1 atom stereocenters. The lowest BCUT2D eigenvalue weighted by Crippen LogP contribution is -2.14. The summed E-state index contributed by atoms with van der Waals surface area (Å²) in [4.78, 5) is 0. The number of hydrogen-bond acceptors (Lipinski definition) is 2. The number of ether oxygens (including phenoxy) is 1. The van der Waals surface area contributed by atoms with Gasteiger partial charge in [0.1, 0.15) is 0 Å². The molecule has 0 aliphatic carbocycles. The number of nitriles is 1. The van der Waals surface area contributed by atoms with Gasteiger partial charge >= 0.3 is 0 Å². The van der Waals surface area contributed by atoms with Crippen molar-refractivity contribution in [1.29, 1.82) is 5.26 Å². The zero-order valence-electron chi connectivity index (χ0n) is 6.66. The van der Waals surface area contributed by atoms with Gasteiger partial charge in [-0.05, 0) is 17.5 Å². The van der Waals surface area contributed by atoms with E-state index in [1.165, 1.54) is 5.56 Å². The maximum absolute atomic E-state index is 8.76. The van der Waals surface area contributed by atoms with Crippen LogP contribution in [-0.2, 0) is 11.2 Å². The Bertz CT molecular complexity index is 327. The number of rotatable bonds is 0. The van der Waals surface area contributed by atoms with Gasteiger partial charge in [0.2, 0.25) is 0 Å². The molecule has 0 amide bonds. The first kappa shape index (κ1) is 7.33. The van der Waals surface area contributed by atoms with Crippen LogP contribution in [0.25, 0.3) is 0 Å². The molecule has 0 radical (unpaired) electrons. The van der Waals surface area contributed by atoms with Crippen molar-refractivity contribution >= 4 is 0 Å². The van der Waals surface area contributed by atoms with Gasteiger partial charge in [0.15, 0.2) is 6.10 Å². The number of benzene rings is 1. The Balaban J connectivity index is 2.45. The Labute approximate surface area is 71.4 Å².